The molecule has 0 bridgehead atoms. The number of aliphatic hydroxyl groups excluding tert-OH is 1. The number of nitrogens with zero attached hydrogens (tertiary/aromatic N) is 3. The fraction of sp³-hybridized carbons (Fsp3) is 0.286. The van der Waals surface area contributed by atoms with Crippen LogP contribution in [0.2, 0.25) is 0 Å². The van der Waals surface area contributed by atoms with E-state index in [-0.39, 0.29) is 29.8 Å². The molecule has 158 valence electrons. The van der Waals surface area contributed by atoms with Crippen molar-refractivity contribution in [2.24, 2.45) is 5.92 Å². The first-order valence-corrected chi connectivity index (χ1v) is 10.9. The molecule has 0 aliphatic carbocycles. The third-order valence-corrected chi connectivity index (χ3v) is 5.84. The molecule has 2 N–H and O–H groups in total. The lowest BCUT2D eigenvalue weighted by Crippen LogP contribution is -2.17. The number of nitrogens with one attached hydrogen (secondary N) is 1. The van der Waals surface area contributed by atoms with Crippen LogP contribution in [0, 0.1) is 5.92 Å². The van der Waals surface area contributed by atoms with Gasteiger partial charge in [-0.3, -0.25) is 14.7 Å². The van der Waals surface area contributed by atoms with Crippen molar-refractivity contribution < 1.29 is 18.3 Å². The Morgan fingerprint density at radius 3 is 2.50 bits per heavy atom. The van der Waals surface area contributed by atoms with Crippen LogP contribution in [0.3, 0.4) is 0 Å². The lowest BCUT2D eigenvalue weighted by Gasteiger charge is -2.13. The van der Waals surface area contributed by atoms with Crippen molar-refractivity contribution in [1.29, 1.82) is 0 Å². The summed E-state index contributed by atoms with van der Waals surface area (Å²) in [6.45, 7) is 2.20. The quantitative estimate of drug-likeness (QED) is 0.538. The van der Waals surface area contributed by atoms with Gasteiger partial charge in [-0.2, -0.15) is 0 Å². The van der Waals surface area contributed by atoms with Gasteiger partial charge in [-0.05, 0) is 30.0 Å². The maximum Gasteiger partial charge on any atom is 0.265 e. The zero-order valence-electron chi connectivity index (χ0n) is 16.8. The smallest absolute Gasteiger partial charge is 0.265 e. The maximum absolute atomic E-state index is 13.1. The Kier molecular flexibility index (Phi) is 7.09. The molecule has 3 rings (SSSR count). The van der Waals surface area contributed by atoms with Gasteiger partial charge < -0.3 is 9.84 Å². The highest BCUT2D eigenvalue weighted by Crippen LogP contribution is 2.27. The molecule has 8 nitrogen and oxygen atoms in total. The number of aromatic nitrogens is 3. The minimum Gasteiger partial charge on any atom is -0.396 e. The van der Waals surface area contributed by atoms with Crippen molar-refractivity contribution in [3.63, 3.8) is 0 Å². The summed E-state index contributed by atoms with van der Waals surface area (Å²) >= 11 is 0. The van der Waals surface area contributed by atoms with E-state index in [0.29, 0.717) is 17.0 Å². The van der Waals surface area contributed by atoms with Crippen LogP contribution in [-0.2, 0) is 27.8 Å². The van der Waals surface area contributed by atoms with E-state index in [4.69, 9.17) is 4.74 Å². The minimum atomic E-state index is -3.97. The fourth-order valence-electron chi connectivity index (χ4n) is 2.97. The van der Waals surface area contributed by atoms with Gasteiger partial charge in [0, 0.05) is 37.9 Å². The van der Waals surface area contributed by atoms with E-state index in [1.54, 1.807) is 12.3 Å². The number of sulfonamides is 1. The number of hydrogen-bond donors (Lipinski definition) is 2. The Morgan fingerprint density at radius 1 is 1.07 bits per heavy atom. The number of methoxy groups -OCH3 is 1. The summed E-state index contributed by atoms with van der Waals surface area (Å²) in [4.78, 5) is 12.5. The van der Waals surface area contributed by atoms with Gasteiger partial charge >= 0.3 is 0 Å². The molecule has 2 heterocycles. The SMILES string of the molecule is COCc1nccnc1NS(=O)(=O)c1cccnc1-c1ccc(CC(C)CO)cc1. The largest absolute Gasteiger partial charge is 0.396 e. The molecule has 30 heavy (non-hydrogen) atoms. The minimum absolute atomic E-state index is 0.0375. The predicted molar refractivity (Wildman–Crippen MR) is 113 cm³/mol. The second kappa shape index (κ2) is 9.75. The Morgan fingerprint density at radius 2 is 1.80 bits per heavy atom. The number of ether oxygens (including phenoxy) is 1. The van der Waals surface area contributed by atoms with Gasteiger partial charge in [0.15, 0.2) is 5.82 Å². The summed E-state index contributed by atoms with van der Waals surface area (Å²) in [5.41, 5.74) is 2.45. The maximum atomic E-state index is 13.1. The summed E-state index contributed by atoms with van der Waals surface area (Å²) in [5, 5.41) is 9.23. The first-order valence-electron chi connectivity index (χ1n) is 9.41. The Hall–Kier alpha value is -2.88. The molecule has 0 fully saturated rings. The van der Waals surface area contributed by atoms with Crippen molar-refractivity contribution >= 4 is 15.8 Å². The molecule has 0 saturated heterocycles. The van der Waals surface area contributed by atoms with Crippen LogP contribution >= 0.6 is 0 Å². The van der Waals surface area contributed by atoms with E-state index < -0.39 is 10.0 Å². The molecule has 0 radical (unpaired) electrons. The van der Waals surface area contributed by atoms with Crippen LogP contribution in [0.4, 0.5) is 5.82 Å². The number of rotatable bonds is 9. The third kappa shape index (κ3) is 5.18. The van der Waals surface area contributed by atoms with Crippen molar-refractivity contribution in [1.82, 2.24) is 15.0 Å². The van der Waals surface area contributed by atoms with E-state index in [1.165, 1.54) is 25.6 Å². The Bertz CT molecular complexity index is 1090. The van der Waals surface area contributed by atoms with Gasteiger partial charge in [0.05, 0.1) is 12.3 Å². The number of aliphatic hydroxyl groups is 1. The molecule has 1 atom stereocenters. The molecule has 1 aromatic carbocycles. The van der Waals surface area contributed by atoms with Crippen LogP contribution < -0.4 is 4.72 Å². The van der Waals surface area contributed by atoms with E-state index >= 15 is 0 Å². The molecule has 0 saturated carbocycles. The zero-order valence-corrected chi connectivity index (χ0v) is 17.6. The number of hydrogen-bond acceptors (Lipinski definition) is 7. The van der Waals surface area contributed by atoms with E-state index in [0.717, 1.165) is 12.0 Å². The molecule has 0 amide bonds. The topological polar surface area (TPSA) is 114 Å². The predicted octanol–water partition coefficient (Wildman–Crippen LogP) is 2.66. The standard InChI is InChI=1S/C21H24N4O4S/c1-15(13-26)12-16-5-7-17(8-6-16)20-19(4-3-9-23-20)30(27,28)25-21-18(14-29-2)22-10-11-24-21/h3-11,15,26H,12-14H2,1-2H3,(H,24,25). The highest BCUT2D eigenvalue weighted by atomic mass is 32.2. The number of benzene rings is 1. The molecule has 0 aliphatic heterocycles. The van der Waals surface area contributed by atoms with Gasteiger partial charge in [0.1, 0.15) is 10.6 Å². The summed E-state index contributed by atoms with van der Waals surface area (Å²) in [6.07, 6.45) is 5.17. The van der Waals surface area contributed by atoms with Gasteiger partial charge in [0.25, 0.3) is 10.0 Å². The van der Waals surface area contributed by atoms with Crippen molar-refractivity contribution in [2.75, 3.05) is 18.4 Å². The van der Waals surface area contributed by atoms with Gasteiger partial charge in [-0.1, -0.05) is 31.2 Å². The summed E-state index contributed by atoms with van der Waals surface area (Å²) in [5.74, 6) is 0.265. The molecule has 1 unspecified atom stereocenters. The van der Waals surface area contributed by atoms with Crippen molar-refractivity contribution in [3.8, 4) is 11.3 Å². The molecule has 2 aromatic heterocycles. The molecular formula is C21H24N4O4S. The molecule has 9 heteroatoms. The fourth-order valence-corrected chi connectivity index (χ4v) is 4.18. The van der Waals surface area contributed by atoms with Crippen LogP contribution in [0.25, 0.3) is 11.3 Å². The van der Waals surface area contributed by atoms with Crippen LogP contribution in [-0.4, -0.2) is 42.2 Å². The lowest BCUT2D eigenvalue weighted by atomic mass is 10.00. The van der Waals surface area contributed by atoms with Gasteiger partial charge in [-0.25, -0.2) is 13.4 Å². The van der Waals surface area contributed by atoms with E-state index in [9.17, 15) is 13.5 Å². The molecule has 3 aromatic rings. The van der Waals surface area contributed by atoms with Crippen LogP contribution in [0.1, 0.15) is 18.2 Å². The van der Waals surface area contributed by atoms with Crippen molar-refractivity contribution in [3.05, 3.63) is 66.2 Å². The van der Waals surface area contributed by atoms with Crippen LogP contribution in [0.5, 0.6) is 0 Å². The highest BCUT2D eigenvalue weighted by Gasteiger charge is 2.22. The number of pyridine rings is 1. The zero-order chi connectivity index (χ0) is 21.6. The summed E-state index contributed by atoms with van der Waals surface area (Å²) in [6, 6.07) is 10.6. The summed E-state index contributed by atoms with van der Waals surface area (Å²) < 4.78 is 33.8. The van der Waals surface area contributed by atoms with E-state index in [2.05, 4.69) is 19.7 Å². The average Bonchev–Trinajstić information content (AvgIpc) is 2.75. The third-order valence-electron chi connectivity index (χ3n) is 4.47. The second-order valence-corrected chi connectivity index (χ2v) is 8.58. The van der Waals surface area contributed by atoms with Gasteiger partial charge in [0.2, 0.25) is 0 Å². The number of anilines is 1. The molecular weight excluding hydrogens is 404 g/mol. The lowest BCUT2D eigenvalue weighted by molar-refractivity contribution is 0.182. The average molecular weight is 429 g/mol. The normalized spacial score (nSPS) is 12.5. The van der Waals surface area contributed by atoms with Crippen LogP contribution in [0.15, 0.2) is 59.9 Å². The Labute approximate surface area is 176 Å². The monoisotopic (exact) mass is 428 g/mol. The summed E-state index contributed by atoms with van der Waals surface area (Å²) in [7, 11) is -2.47. The van der Waals surface area contributed by atoms with Crippen molar-refractivity contribution in [2.45, 2.75) is 24.8 Å². The highest BCUT2D eigenvalue weighted by molar-refractivity contribution is 7.92. The first kappa shape index (κ1) is 21.8. The Balaban J connectivity index is 1.93. The van der Waals surface area contributed by atoms with Gasteiger partial charge in [-0.15, -0.1) is 0 Å². The molecule has 0 spiro atoms. The van der Waals surface area contributed by atoms with E-state index in [1.807, 2.05) is 31.2 Å². The molecule has 0 aliphatic rings. The first-order chi connectivity index (χ1) is 14.4. The second-order valence-electron chi connectivity index (χ2n) is 6.93.